The Morgan fingerprint density at radius 3 is 2.65 bits per heavy atom. The van der Waals surface area contributed by atoms with E-state index in [1.807, 2.05) is 0 Å². The first-order valence-corrected chi connectivity index (χ1v) is 7.01. The van der Waals surface area contributed by atoms with Gasteiger partial charge in [0.2, 0.25) is 0 Å². The van der Waals surface area contributed by atoms with Crippen LogP contribution in [0.25, 0.3) is 0 Å². The van der Waals surface area contributed by atoms with Gasteiger partial charge in [0.1, 0.15) is 5.82 Å². The van der Waals surface area contributed by atoms with Crippen LogP contribution in [0.15, 0.2) is 0 Å². The molecule has 0 aromatic carbocycles. The number of anilines is 1. The zero-order valence-electron chi connectivity index (χ0n) is 11.1. The molecule has 17 heavy (non-hydrogen) atoms. The van der Waals surface area contributed by atoms with Gasteiger partial charge in [0, 0.05) is 11.3 Å². The van der Waals surface area contributed by atoms with Crippen LogP contribution < -0.4 is 5.73 Å². The zero-order chi connectivity index (χ0) is 12.3. The molecule has 0 saturated heterocycles. The number of aromatic nitrogens is 2. The van der Waals surface area contributed by atoms with E-state index in [2.05, 4.69) is 24.0 Å². The minimum absolute atomic E-state index is 0.468. The van der Waals surface area contributed by atoms with E-state index in [-0.39, 0.29) is 0 Å². The maximum absolute atomic E-state index is 5.91. The molecule has 0 aliphatic heterocycles. The first-order chi connectivity index (χ1) is 8.18. The lowest BCUT2D eigenvalue weighted by Crippen LogP contribution is -2.08. The number of nitrogens with one attached hydrogen (secondary N) is 1. The Bertz CT molecular complexity index is 348. The van der Waals surface area contributed by atoms with Crippen molar-refractivity contribution in [3.8, 4) is 0 Å². The van der Waals surface area contributed by atoms with Crippen molar-refractivity contribution in [2.24, 2.45) is 5.92 Å². The molecule has 1 heterocycles. The molecule has 0 bridgehead atoms. The smallest absolute Gasteiger partial charge is 0.148 e. The summed E-state index contributed by atoms with van der Waals surface area (Å²) in [6.07, 6.45) is 9.52. The number of hydrogen-bond acceptors (Lipinski definition) is 2. The number of nitrogens with two attached hydrogens (primary N) is 1. The maximum atomic E-state index is 5.91. The third kappa shape index (κ3) is 3.02. The van der Waals surface area contributed by atoms with Gasteiger partial charge >= 0.3 is 0 Å². The summed E-state index contributed by atoms with van der Waals surface area (Å²) in [5.41, 5.74) is 8.41. The van der Waals surface area contributed by atoms with Gasteiger partial charge in [0.25, 0.3) is 0 Å². The van der Waals surface area contributed by atoms with Crippen molar-refractivity contribution < 1.29 is 0 Å². The van der Waals surface area contributed by atoms with E-state index in [1.54, 1.807) is 0 Å². The van der Waals surface area contributed by atoms with Gasteiger partial charge in [0.15, 0.2) is 0 Å². The number of nitrogens with zero attached hydrogens (tertiary/aromatic N) is 1. The molecule has 1 aromatic rings. The average Bonchev–Trinajstić information content (AvgIpc) is 2.69. The van der Waals surface area contributed by atoms with E-state index < -0.39 is 0 Å². The van der Waals surface area contributed by atoms with Crippen molar-refractivity contribution in [3.05, 3.63) is 11.3 Å². The van der Waals surface area contributed by atoms with Gasteiger partial charge in [-0.15, -0.1) is 0 Å². The van der Waals surface area contributed by atoms with Gasteiger partial charge in [-0.3, -0.25) is 5.10 Å². The molecule has 0 amide bonds. The molecular weight excluding hydrogens is 210 g/mol. The summed E-state index contributed by atoms with van der Waals surface area (Å²) in [6.45, 7) is 4.37. The highest BCUT2D eigenvalue weighted by Crippen LogP contribution is 2.30. The van der Waals surface area contributed by atoms with Gasteiger partial charge < -0.3 is 5.73 Å². The van der Waals surface area contributed by atoms with Crippen LogP contribution in [0.4, 0.5) is 5.82 Å². The summed E-state index contributed by atoms with van der Waals surface area (Å²) >= 11 is 0. The van der Waals surface area contributed by atoms with E-state index in [9.17, 15) is 0 Å². The number of rotatable bonds is 4. The third-order valence-corrected chi connectivity index (χ3v) is 4.02. The van der Waals surface area contributed by atoms with Crippen LogP contribution in [0.1, 0.15) is 69.5 Å². The van der Waals surface area contributed by atoms with Crippen LogP contribution in [0.5, 0.6) is 0 Å². The van der Waals surface area contributed by atoms with Crippen molar-refractivity contribution in [1.82, 2.24) is 10.2 Å². The lowest BCUT2D eigenvalue weighted by Gasteiger charge is -2.21. The number of aromatic amines is 1. The van der Waals surface area contributed by atoms with E-state index in [4.69, 9.17) is 5.73 Å². The predicted molar refractivity (Wildman–Crippen MR) is 72.0 cm³/mol. The molecule has 96 valence electrons. The quantitative estimate of drug-likeness (QED) is 0.837. The molecule has 3 nitrogen and oxygen atoms in total. The average molecular weight is 235 g/mol. The normalized spacial score (nSPS) is 17.8. The first kappa shape index (κ1) is 12.5. The molecule has 1 aromatic heterocycles. The van der Waals surface area contributed by atoms with E-state index >= 15 is 0 Å². The highest BCUT2D eigenvalue weighted by atomic mass is 15.2. The minimum Gasteiger partial charge on any atom is -0.382 e. The molecule has 1 aliphatic rings. The lowest BCUT2D eigenvalue weighted by molar-refractivity contribution is 0.338. The van der Waals surface area contributed by atoms with Gasteiger partial charge in [-0.1, -0.05) is 46.0 Å². The molecule has 0 unspecified atom stereocenters. The summed E-state index contributed by atoms with van der Waals surface area (Å²) in [4.78, 5) is 0. The van der Waals surface area contributed by atoms with Gasteiger partial charge in [-0.2, -0.15) is 5.10 Å². The van der Waals surface area contributed by atoms with E-state index in [1.165, 1.54) is 49.8 Å². The van der Waals surface area contributed by atoms with Crippen molar-refractivity contribution >= 4 is 5.82 Å². The Hall–Kier alpha value is -0.990. The fourth-order valence-corrected chi connectivity index (χ4v) is 3.06. The van der Waals surface area contributed by atoms with Gasteiger partial charge in [-0.05, 0) is 24.7 Å². The highest BCUT2D eigenvalue weighted by molar-refractivity contribution is 5.44. The van der Waals surface area contributed by atoms with Crippen LogP contribution in [-0.2, 0) is 6.42 Å². The Morgan fingerprint density at radius 2 is 2.00 bits per heavy atom. The minimum atomic E-state index is 0.468. The highest BCUT2D eigenvalue weighted by Gasteiger charge is 2.17. The molecule has 1 fully saturated rings. The van der Waals surface area contributed by atoms with E-state index in [0.717, 1.165) is 12.3 Å². The number of nitrogen functional groups attached to an aromatic ring is 1. The van der Waals surface area contributed by atoms with Crippen molar-refractivity contribution in [3.63, 3.8) is 0 Å². The summed E-state index contributed by atoms with van der Waals surface area (Å²) in [5.74, 6) is 2.09. The summed E-state index contributed by atoms with van der Waals surface area (Å²) < 4.78 is 0. The SMILES string of the molecule is CC(C)c1c(N)n[nH]c1CCC1CCCCC1. The van der Waals surface area contributed by atoms with Gasteiger partial charge in [-0.25, -0.2) is 0 Å². The van der Waals surface area contributed by atoms with Crippen molar-refractivity contribution in [1.29, 1.82) is 0 Å². The second-order valence-electron chi connectivity index (χ2n) is 5.70. The van der Waals surface area contributed by atoms with Crippen LogP contribution in [-0.4, -0.2) is 10.2 Å². The molecule has 3 N–H and O–H groups in total. The fourth-order valence-electron chi connectivity index (χ4n) is 3.06. The zero-order valence-corrected chi connectivity index (χ0v) is 11.1. The lowest BCUT2D eigenvalue weighted by atomic mass is 9.85. The Labute approximate surface area is 104 Å². The number of hydrogen-bond donors (Lipinski definition) is 2. The Balaban J connectivity index is 1.94. The number of aryl methyl sites for hydroxylation is 1. The van der Waals surface area contributed by atoms with Crippen LogP contribution in [0.2, 0.25) is 0 Å². The van der Waals surface area contributed by atoms with E-state index in [0.29, 0.717) is 11.7 Å². The monoisotopic (exact) mass is 235 g/mol. The predicted octanol–water partition coefficient (Wildman–Crippen LogP) is 3.63. The molecule has 3 heteroatoms. The second kappa shape index (κ2) is 5.56. The van der Waals surface area contributed by atoms with Crippen molar-refractivity contribution in [2.75, 3.05) is 5.73 Å². The van der Waals surface area contributed by atoms with Crippen LogP contribution in [0.3, 0.4) is 0 Å². The molecule has 0 radical (unpaired) electrons. The molecule has 0 spiro atoms. The summed E-state index contributed by atoms with van der Waals surface area (Å²) in [6, 6.07) is 0. The maximum Gasteiger partial charge on any atom is 0.148 e. The summed E-state index contributed by atoms with van der Waals surface area (Å²) in [7, 11) is 0. The van der Waals surface area contributed by atoms with Gasteiger partial charge in [0.05, 0.1) is 0 Å². The van der Waals surface area contributed by atoms with Crippen molar-refractivity contribution in [2.45, 2.75) is 64.7 Å². The molecule has 1 saturated carbocycles. The second-order valence-corrected chi connectivity index (χ2v) is 5.70. The third-order valence-electron chi connectivity index (χ3n) is 4.02. The molecule has 2 rings (SSSR count). The molecule has 0 atom stereocenters. The largest absolute Gasteiger partial charge is 0.382 e. The topological polar surface area (TPSA) is 54.7 Å². The van der Waals surface area contributed by atoms with Crippen LogP contribution in [0, 0.1) is 5.92 Å². The van der Waals surface area contributed by atoms with Crippen LogP contribution >= 0.6 is 0 Å². The molecular formula is C14H25N3. The Kier molecular flexibility index (Phi) is 4.08. The first-order valence-electron chi connectivity index (χ1n) is 7.01. The fraction of sp³-hybridized carbons (Fsp3) is 0.786. The standard InChI is InChI=1S/C14H25N3/c1-10(2)13-12(16-17-14(13)15)9-8-11-6-4-3-5-7-11/h10-11H,3-9H2,1-2H3,(H3,15,16,17). The molecule has 1 aliphatic carbocycles. The number of H-pyrrole nitrogens is 1. The Morgan fingerprint density at radius 1 is 1.29 bits per heavy atom. The summed E-state index contributed by atoms with van der Waals surface area (Å²) in [5, 5.41) is 7.27.